The molecule has 25 heavy (non-hydrogen) atoms. The Hall–Kier alpha value is -1.10. The van der Waals surface area contributed by atoms with Gasteiger partial charge in [-0.1, -0.05) is 0 Å². The number of likely N-dealkylation sites (tertiary alicyclic amines) is 1. The van der Waals surface area contributed by atoms with E-state index in [1.807, 2.05) is 0 Å². The number of nitrogens with one attached hydrogen (secondary N) is 1. The van der Waals surface area contributed by atoms with Crippen LogP contribution >= 0.6 is 0 Å². The Morgan fingerprint density at radius 2 is 1.92 bits per heavy atom. The average molecular weight is 348 g/mol. The van der Waals surface area contributed by atoms with Crippen LogP contribution in [0.5, 0.6) is 0 Å². The molecule has 3 atom stereocenters. The van der Waals surface area contributed by atoms with Crippen molar-refractivity contribution >= 4 is 11.9 Å². The molecule has 5 heteroatoms. The van der Waals surface area contributed by atoms with E-state index in [0.717, 1.165) is 45.2 Å². The average Bonchev–Trinajstić information content (AvgIpc) is 2.50. The lowest BCUT2D eigenvalue weighted by Gasteiger charge is -2.60. The molecular weight excluding hydrogens is 316 g/mol. The molecule has 5 aliphatic rings. The highest BCUT2D eigenvalue weighted by atomic mass is 16.6. The number of ether oxygens (including phenoxy) is 1. The summed E-state index contributed by atoms with van der Waals surface area (Å²) < 4.78 is 5.81. The van der Waals surface area contributed by atoms with Crippen molar-refractivity contribution in [1.29, 1.82) is 0 Å². The summed E-state index contributed by atoms with van der Waals surface area (Å²) in [7, 11) is 2.16. The van der Waals surface area contributed by atoms with Crippen molar-refractivity contribution in [1.82, 2.24) is 10.2 Å². The molecule has 5 nitrogen and oxygen atoms in total. The number of esters is 1. The van der Waals surface area contributed by atoms with Crippen LogP contribution in [0.15, 0.2) is 0 Å². The molecular formula is C20H32N2O3. The van der Waals surface area contributed by atoms with E-state index in [1.54, 1.807) is 0 Å². The molecule has 5 fully saturated rings. The van der Waals surface area contributed by atoms with Gasteiger partial charge in [-0.05, 0) is 76.3 Å². The van der Waals surface area contributed by atoms with Crippen LogP contribution < -0.4 is 5.32 Å². The Bertz CT molecular complexity index is 547. The van der Waals surface area contributed by atoms with E-state index < -0.39 is 0 Å². The van der Waals surface area contributed by atoms with E-state index >= 15 is 0 Å². The van der Waals surface area contributed by atoms with Gasteiger partial charge < -0.3 is 15.0 Å². The van der Waals surface area contributed by atoms with Crippen LogP contribution in [0.25, 0.3) is 0 Å². The second kappa shape index (κ2) is 6.26. The van der Waals surface area contributed by atoms with E-state index in [2.05, 4.69) is 17.3 Å². The van der Waals surface area contributed by atoms with Crippen LogP contribution in [-0.4, -0.2) is 49.1 Å². The molecule has 0 aromatic heterocycles. The van der Waals surface area contributed by atoms with Crippen molar-refractivity contribution in [2.75, 3.05) is 26.7 Å². The van der Waals surface area contributed by atoms with Gasteiger partial charge in [0.05, 0.1) is 5.41 Å². The third kappa shape index (κ3) is 3.32. The Morgan fingerprint density at radius 3 is 2.56 bits per heavy atom. The molecule has 140 valence electrons. The lowest BCUT2D eigenvalue weighted by atomic mass is 9.47. The summed E-state index contributed by atoms with van der Waals surface area (Å²) in [6.45, 7) is 4.55. The number of carbonyl (C=O) groups is 2. The second-order valence-electron chi connectivity index (χ2n) is 9.50. The summed E-state index contributed by atoms with van der Waals surface area (Å²) >= 11 is 0. The van der Waals surface area contributed by atoms with Gasteiger partial charge in [0.1, 0.15) is 5.60 Å². The Morgan fingerprint density at radius 1 is 1.20 bits per heavy atom. The monoisotopic (exact) mass is 348 g/mol. The van der Waals surface area contributed by atoms with Gasteiger partial charge in [-0.25, -0.2) is 0 Å². The molecule has 0 unspecified atom stereocenters. The molecule has 5 rings (SSSR count). The molecule has 0 aromatic carbocycles. The summed E-state index contributed by atoms with van der Waals surface area (Å²) in [5.74, 6) is 1.70. The summed E-state index contributed by atoms with van der Waals surface area (Å²) in [4.78, 5) is 27.2. The number of rotatable bonds is 4. The minimum atomic E-state index is -0.363. The summed E-state index contributed by atoms with van der Waals surface area (Å²) in [6, 6.07) is 0. The van der Waals surface area contributed by atoms with Crippen LogP contribution in [0.3, 0.4) is 0 Å². The predicted molar refractivity (Wildman–Crippen MR) is 94.8 cm³/mol. The van der Waals surface area contributed by atoms with Gasteiger partial charge in [-0.3, -0.25) is 9.59 Å². The Kier molecular flexibility index (Phi) is 4.33. The first-order chi connectivity index (χ1) is 11.9. The molecule has 1 N–H and O–H groups in total. The van der Waals surface area contributed by atoms with Crippen LogP contribution in [0, 0.1) is 23.2 Å². The van der Waals surface area contributed by atoms with E-state index in [9.17, 15) is 9.59 Å². The smallest absolute Gasteiger partial charge is 0.303 e. The first kappa shape index (κ1) is 17.3. The van der Waals surface area contributed by atoms with Crippen molar-refractivity contribution in [3.05, 3.63) is 0 Å². The van der Waals surface area contributed by atoms with Crippen molar-refractivity contribution in [3.63, 3.8) is 0 Å². The highest BCUT2D eigenvalue weighted by molar-refractivity contribution is 5.83. The van der Waals surface area contributed by atoms with Crippen LogP contribution in [-0.2, 0) is 14.3 Å². The lowest BCUT2D eigenvalue weighted by Crippen LogP contribution is -2.61. The van der Waals surface area contributed by atoms with Crippen molar-refractivity contribution in [2.24, 2.45) is 23.2 Å². The number of piperidine rings is 1. The fourth-order valence-electron chi connectivity index (χ4n) is 6.73. The van der Waals surface area contributed by atoms with Crippen LogP contribution in [0.4, 0.5) is 0 Å². The standard InChI is InChI=1S/C20H32N2O3/c1-14(23)25-20-9-16-6-17(10-20)8-19(7-16,13-20)18(24)21-11-15-4-3-5-22(2)12-15/h15-17H,3-13H2,1-2H3,(H,21,24)/t15-,16-,17-,19?,20?/m0/s1. The van der Waals surface area contributed by atoms with E-state index in [4.69, 9.17) is 4.74 Å². The fraction of sp³-hybridized carbons (Fsp3) is 0.900. The summed E-state index contributed by atoms with van der Waals surface area (Å²) in [6.07, 6.45) is 8.29. The molecule has 4 saturated carbocycles. The molecule has 0 aromatic rings. The second-order valence-corrected chi connectivity index (χ2v) is 9.50. The largest absolute Gasteiger partial charge is 0.459 e. The third-order valence-corrected chi connectivity index (χ3v) is 7.12. The third-order valence-electron chi connectivity index (χ3n) is 7.12. The first-order valence-corrected chi connectivity index (χ1v) is 10.0. The molecule has 1 saturated heterocycles. The SMILES string of the molecule is CC(=O)OC12C[C@H]3C[C@H](C1)CC(C(=O)NC[C@@H]1CCCN(C)C1)(C3)C2. The normalized spacial score (nSPS) is 43.0. The van der Waals surface area contributed by atoms with Crippen molar-refractivity contribution in [3.8, 4) is 0 Å². The van der Waals surface area contributed by atoms with Gasteiger partial charge in [-0.2, -0.15) is 0 Å². The summed E-state index contributed by atoms with van der Waals surface area (Å²) in [5, 5.41) is 3.29. The zero-order valence-corrected chi connectivity index (χ0v) is 15.7. The predicted octanol–water partition coefficient (Wildman–Crippen LogP) is 2.35. The van der Waals surface area contributed by atoms with Gasteiger partial charge in [0.25, 0.3) is 0 Å². The van der Waals surface area contributed by atoms with Crippen molar-refractivity contribution in [2.45, 2.75) is 63.9 Å². The van der Waals surface area contributed by atoms with Gasteiger partial charge in [0.2, 0.25) is 5.91 Å². The van der Waals surface area contributed by atoms with E-state index in [0.29, 0.717) is 17.8 Å². The number of nitrogens with zero attached hydrogens (tertiary/aromatic N) is 1. The van der Waals surface area contributed by atoms with E-state index in [-0.39, 0.29) is 22.9 Å². The molecule has 4 aliphatic carbocycles. The Balaban J connectivity index is 1.43. The first-order valence-electron chi connectivity index (χ1n) is 10.0. The van der Waals surface area contributed by atoms with Crippen LogP contribution in [0.1, 0.15) is 58.3 Å². The topological polar surface area (TPSA) is 58.6 Å². The van der Waals surface area contributed by atoms with Crippen LogP contribution in [0.2, 0.25) is 0 Å². The van der Waals surface area contributed by atoms with Gasteiger partial charge in [-0.15, -0.1) is 0 Å². The Labute approximate surface area is 150 Å². The number of amides is 1. The number of hydrogen-bond acceptors (Lipinski definition) is 4. The zero-order valence-electron chi connectivity index (χ0n) is 15.7. The molecule has 1 heterocycles. The maximum atomic E-state index is 13.2. The molecule has 1 amide bonds. The molecule has 4 bridgehead atoms. The maximum absolute atomic E-state index is 13.2. The van der Waals surface area contributed by atoms with E-state index in [1.165, 1.54) is 32.7 Å². The van der Waals surface area contributed by atoms with Gasteiger partial charge >= 0.3 is 5.97 Å². The number of carbonyl (C=O) groups excluding carboxylic acids is 2. The fourth-order valence-corrected chi connectivity index (χ4v) is 6.73. The molecule has 0 spiro atoms. The van der Waals surface area contributed by atoms with Crippen molar-refractivity contribution < 1.29 is 14.3 Å². The molecule has 1 aliphatic heterocycles. The lowest BCUT2D eigenvalue weighted by molar-refractivity contribution is -0.202. The minimum absolute atomic E-state index is 0.192. The highest BCUT2D eigenvalue weighted by Gasteiger charge is 2.62. The summed E-state index contributed by atoms with van der Waals surface area (Å²) in [5.41, 5.74) is -0.654. The molecule has 0 radical (unpaired) electrons. The number of hydrogen-bond donors (Lipinski definition) is 1. The highest BCUT2D eigenvalue weighted by Crippen LogP contribution is 2.62. The van der Waals surface area contributed by atoms with Gasteiger partial charge in [0.15, 0.2) is 0 Å². The minimum Gasteiger partial charge on any atom is -0.459 e. The quantitative estimate of drug-likeness (QED) is 0.793. The van der Waals surface area contributed by atoms with Gasteiger partial charge in [0, 0.05) is 26.4 Å². The zero-order chi connectivity index (χ0) is 17.7. The maximum Gasteiger partial charge on any atom is 0.303 e.